The minimum atomic E-state index is -0.363. The van der Waals surface area contributed by atoms with Crippen molar-refractivity contribution in [2.45, 2.75) is 45.4 Å². The average molecular weight is 298 g/mol. The van der Waals surface area contributed by atoms with E-state index in [1.165, 1.54) is 0 Å². The van der Waals surface area contributed by atoms with Crippen molar-refractivity contribution in [2.75, 3.05) is 7.11 Å². The van der Waals surface area contributed by atoms with Crippen molar-refractivity contribution in [1.29, 1.82) is 0 Å². The number of hydrogen-bond acceptors (Lipinski definition) is 3. The molecule has 0 N–H and O–H groups in total. The van der Waals surface area contributed by atoms with Gasteiger partial charge in [-0.25, -0.2) is 0 Å². The third-order valence-electron chi connectivity index (χ3n) is 5.23. The van der Waals surface area contributed by atoms with Gasteiger partial charge in [-0.05, 0) is 61.4 Å². The third kappa shape index (κ3) is 2.49. The SMILES string of the molecule is COc1cccc(CCC2=C3CCC(=O)C3(C)CCC2=O)c1. The smallest absolute Gasteiger partial charge is 0.158 e. The zero-order valence-electron chi connectivity index (χ0n) is 13.3. The summed E-state index contributed by atoms with van der Waals surface area (Å²) in [6.07, 6.45) is 4.12. The summed E-state index contributed by atoms with van der Waals surface area (Å²) >= 11 is 0. The molecule has 3 rings (SSSR count). The highest BCUT2D eigenvalue weighted by molar-refractivity contribution is 6.02. The quantitative estimate of drug-likeness (QED) is 0.852. The number of carbonyl (C=O) groups is 2. The van der Waals surface area contributed by atoms with Crippen LogP contribution in [0.3, 0.4) is 0 Å². The molecule has 0 heterocycles. The van der Waals surface area contributed by atoms with Crippen LogP contribution in [0.25, 0.3) is 0 Å². The molecule has 3 heteroatoms. The van der Waals surface area contributed by atoms with Gasteiger partial charge in [-0.1, -0.05) is 12.1 Å². The Morgan fingerprint density at radius 3 is 2.73 bits per heavy atom. The molecule has 0 aromatic heterocycles. The van der Waals surface area contributed by atoms with Gasteiger partial charge in [-0.2, -0.15) is 0 Å². The summed E-state index contributed by atoms with van der Waals surface area (Å²) in [6.45, 7) is 2.02. The van der Waals surface area contributed by atoms with E-state index in [0.717, 1.165) is 41.7 Å². The summed E-state index contributed by atoms with van der Waals surface area (Å²) in [5.74, 6) is 1.39. The summed E-state index contributed by atoms with van der Waals surface area (Å²) in [7, 11) is 1.66. The molecule has 2 aliphatic rings. The maximum absolute atomic E-state index is 12.3. The molecule has 0 amide bonds. The van der Waals surface area contributed by atoms with Crippen molar-refractivity contribution in [3.8, 4) is 5.75 Å². The zero-order valence-corrected chi connectivity index (χ0v) is 13.3. The van der Waals surface area contributed by atoms with E-state index >= 15 is 0 Å². The molecule has 0 aliphatic heterocycles. The second-order valence-electron chi connectivity index (χ2n) is 6.49. The number of carbonyl (C=O) groups excluding carboxylic acids is 2. The van der Waals surface area contributed by atoms with Crippen molar-refractivity contribution >= 4 is 11.6 Å². The molecule has 0 saturated heterocycles. The Kier molecular flexibility index (Phi) is 3.90. The average Bonchev–Trinajstić information content (AvgIpc) is 2.83. The first kappa shape index (κ1) is 15.0. The number of methoxy groups -OCH3 is 1. The zero-order chi connectivity index (χ0) is 15.7. The van der Waals surface area contributed by atoms with Gasteiger partial charge in [0.05, 0.1) is 7.11 Å². The second kappa shape index (κ2) is 5.71. The summed E-state index contributed by atoms with van der Waals surface area (Å²) in [4.78, 5) is 24.5. The van der Waals surface area contributed by atoms with E-state index in [1.807, 2.05) is 25.1 Å². The van der Waals surface area contributed by atoms with E-state index < -0.39 is 0 Å². The maximum Gasteiger partial charge on any atom is 0.158 e. The number of hydrogen-bond donors (Lipinski definition) is 0. The van der Waals surface area contributed by atoms with Crippen molar-refractivity contribution in [2.24, 2.45) is 5.41 Å². The lowest BCUT2D eigenvalue weighted by atomic mass is 9.71. The highest BCUT2D eigenvalue weighted by atomic mass is 16.5. The van der Waals surface area contributed by atoms with E-state index in [1.54, 1.807) is 7.11 Å². The Bertz CT molecular complexity index is 656. The van der Waals surface area contributed by atoms with Crippen LogP contribution in [0.15, 0.2) is 35.4 Å². The molecule has 1 aromatic carbocycles. The molecule has 0 spiro atoms. The van der Waals surface area contributed by atoms with E-state index in [-0.39, 0.29) is 11.2 Å². The molecule has 1 atom stereocenters. The van der Waals surface area contributed by atoms with Gasteiger partial charge in [0.25, 0.3) is 0 Å². The van der Waals surface area contributed by atoms with Crippen LogP contribution in [0, 0.1) is 5.41 Å². The van der Waals surface area contributed by atoms with Crippen molar-refractivity contribution in [3.63, 3.8) is 0 Å². The number of ether oxygens (including phenoxy) is 1. The van der Waals surface area contributed by atoms with Gasteiger partial charge >= 0.3 is 0 Å². The van der Waals surface area contributed by atoms with Gasteiger partial charge < -0.3 is 4.74 Å². The lowest BCUT2D eigenvalue weighted by molar-refractivity contribution is -0.125. The van der Waals surface area contributed by atoms with Gasteiger partial charge in [-0.15, -0.1) is 0 Å². The molecule has 0 radical (unpaired) electrons. The number of benzene rings is 1. The first-order valence-corrected chi connectivity index (χ1v) is 7.96. The first-order valence-electron chi connectivity index (χ1n) is 7.96. The van der Waals surface area contributed by atoms with Gasteiger partial charge in [0.2, 0.25) is 0 Å². The molecule has 3 nitrogen and oxygen atoms in total. The van der Waals surface area contributed by atoms with Crippen LogP contribution in [0.2, 0.25) is 0 Å². The van der Waals surface area contributed by atoms with Crippen LogP contribution >= 0.6 is 0 Å². The van der Waals surface area contributed by atoms with E-state index in [2.05, 4.69) is 6.07 Å². The van der Waals surface area contributed by atoms with Gasteiger partial charge in [-0.3, -0.25) is 9.59 Å². The fourth-order valence-corrected chi connectivity index (χ4v) is 3.80. The minimum Gasteiger partial charge on any atom is -0.497 e. The fraction of sp³-hybridized carbons (Fsp3) is 0.474. The first-order chi connectivity index (χ1) is 10.5. The van der Waals surface area contributed by atoms with Crippen molar-refractivity contribution < 1.29 is 14.3 Å². The van der Waals surface area contributed by atoms with Crippen LogP contribution in [0.1, 0.15) is 44.6 Å². The van der Waals surface area contributed by atoms with Crippen LogP contribution < -0.4 is 4.74 Å². The predicted octanol–water partition coefficient (Wildman–Crippen LogP) is 3.66. The Balaban J connectivity index is 1.83. The summed E-state index contributed by atoms with van der Waals surface area (Å²) in [5, 5.41) is 0. The maximum atomic E-state index is 12.3. The van der Waals surface area contributed by atoms with Gasteiger partial charge in [0, 0.05) is 18.3 Å². The normalized spacial score (nSPS) is 24.6. The summed E-state index contributed by atoms with van der Waals surface area (Å²) in [5.41, 5.74) is 2.84. The number of rotatable bonds is 4. The molecular weight excluding hydrogens is 276 g/mol. The number of Topliss-reactive ketones (excluding diaryl/α,β-unsaturated/α-hetero) is 2. The van der Waals surface area contributed by atoms with Crippen LogP contribution in [-0.4, -0.2) is 18.7 Å². The lowest BCUT2D eigenvalue weighted by Gasteiger charge is -2.31. The Morgan fingerprint density at radius 2 is 1.95 bits per heavy atom. The number of ketones is 2. The molecule has 1 saturated carbocycles. The van der Waals surface area contributed by atoms with Gasteiger partial charge in [0.1, 0.15) is 11.5 Å². The molecule has 22 heavy (non-hydrogen) atoms. The van der Waals surface area contributed by atoms with E-state index in [0.29, 0.717) is 25.0 Å². The van der Waals surface area contributed by atoms with Crippen molar-refractivity contribution in [3.05, 3.63) is 41.0 Å². The number of fused-ring (bicyclic) bond motifs is 1. The monoisotopic (exact) mass is 298 g/mol. The molecular formula is C19H22O3. The summed E-state index contributed by atoms with van der Waals surface area (Å²) in [6, 6.07) is 7.96. The van der Waals surface area contributed by atoms with Crippen LogP contribution in [0.5, 0.6) is 5.75 Å². The summed E-state index contributed by atoms with van der Waals surface area (Å²) < 4.78 is 5.24. The Morgan fingerprint density at radius 1 is 1.14 bits per heavy atom. The topological polar surface area (TPSA) is 43.4 Å². The number of allylic oxidation sites excluding steroid dienone is 2. The predicted molar refractivity (Wildman–Crippen MR) is 84.9 cm³/mol. The molecule has 0 bridgehead atoms. The largest absolute Gasteiger partial charge is 0.497 e. The molecule has 2 aliphatic carbocycles. The third-order valence-corrected chi connectivity index (χ3v) is 5.23. The fourth-order valence-electron chi connectivity index (χ4n) is 3.80. The molecule has 1 fully saturated rings. The van der Waals surface area contributed by atoms with Crippen LogP contribution in [0.4, 0.5) is 0 Å². The molecule has 1 unspecified atom stereocenters. The standard InChI is InChI=1S/C19H22O3/c1-19-11-10-17(20)15(16(19)8-9-18(19)21)7-6-13-4-3-5-14(12-13)22-2/h3-5,12H,6-11H2,1-2H3. The van der Waals surface area contributed by atoms with Crippen molar-refractivity contribution in [1.82, 2.24) is 0 Å². The van der Waals surface area contributed by atoms with E-state index in [4.69, 9.17) is 4.74 Å². The highest BCUT2D eigenvalue weighted by Gasteiger charge is 2.46. The Labute approximate surface area is 131 Å². The minimum absolute atomic E-state index is 0.241. The molecule has 116 valence electrons. The van der Waals surface area contributed by atoms with Gasteiger partial charge in [0.15, 0.2) is 5.78 Å². The lowest BCUT2D eigenvalue weighted by Crippen LogP contribution is -2.30. The van der Waals surface area contributed by atoms with Crippen LogP contribution in [-0.2, 0) is 16.0 Å². The Hall–Kier alpha value is -1.90. The number of aryl methyl sites for hydroxylation is 1. The molecule has 1 aromatic rings. The van der Waals surface area contributed by atoms with E-state index in [9.17, 15) is 9.59 Å². The highest BCUT2D eigenvalue weighted by Crippen LogP contribution is 2.48. The second-order valence-corrected chi connectivity index (χ2v) is 6.49.